The number of halogens is 2. The lowest BCUT2D eigenvalue weighted by Gasteiger charge is -2.07. The van der Waals surface area contributed by atoms with E-state index in [0.717, 1.165) is 0 Å². The van der Waals surface area contributed by atoms with Gasteiger partial charge < -0.3 is 5.32 Å². The molecule has 0 atom stereocenters. The molecule has 0 aliphatic carbocycles. The Kier molecular flexibility index (Phi) is 3.10. The lowest BCUT2D eigenvalue weighted by atomic mass is 10.3. The van der Waals surface area contributed by atoms with Gasteiger partial charge >= 0.3 is 0 Å². The van der Waals surface area contributed by atoms with Crippen molar-refractivity contribution in [1.82, 2.24) is 9.55 Å². The van der Waals surface area contributed by atoms with Crippen LogP contribution in [0.1, 0.15) is 0 Å². The Labute approximate surface area is 102 Å². The number of benzene rings is 1. The summed E-state index contributed by atoms with van der Waals surface area (Å²) in [5.41, 5.74) is 0.103. The summed E-state index contributed by atoms with van der Waals surface area (Å²) < 4.78 is 14.0. The summed E-state index contributed by atoms with van der Waals surface area (Å²) in [5.74, 6) is -0.0530. The first kappa shape index (κ1) is 11.6. The molecule has 0 spiro atoms. The van der Waals surface area contributed by atoms with Gasteiger partial charge in [-0.1, -0.05) is 11.6 Å². The number of nitrogens with zero attached hydrogens (tertiary/aromatic N) is 2. The monoisotopic (exact) mass is 253 g/mol. The van der Waals surface area contributed by atoms with E-state index in [9.17, 15) is 9.18 Å². The van der Waals surface area contributed by atoms with E-state index in [1.165, 1.54) is 35.2 Å². The Morgan fingerprint density at radius 1 is 1.35 bits per heavy atom. The summed E-state index contributed by atoms with van der Waals surface area (Å²) in [5, 5.41) is 2.71. The molecule has 2 rings (SSSR count). The van der Waals surface area contributed by atoms with E-state index in [2.05, 4.69) is 10.3 Å². The number of hydrogen-bond donors (Lipinski definition) is 1. The molecule has 17 heavy (non-hydrogen) atoms. The summed E-state index contributed by atoms with van der Waals surface area (Å²) in [6.07, 6.45) is 1.34. The molecule has 0 amide bonds. The van der Waals surface area contributed by atoms with Crippen molar-refractivity contribution in [1.29, 1.82) is 0 Å². The fraction of sp³-hybridized carbons (Fsp3) is 0.0909. The zero-order chi connectivity index (χ0) is 12.4. The summed E-state index contributed by atoms with van der Waals surface area (Å²) in [4.78, 5) is 15.9. The molecule has 1 N–H and O–H groups in total. The molecule has 0 aliphatic rings. The second-order valence-corrected chi connectivity index (χ2v) is 3.69. The van der Waals surface area contributed by atoms with Crippen LogP contribution in [0.25, 0.3) is 5.69 Å². The molecule has 0 bridgehead atoms. The predicted molar refractivity (Wildman–Crippen MR) is 64.3 cm³/mol. The summed E-state index contributed by atoms with van der Waals surface area (Å²) in [6.45, 7) is 0. The van der Waals surface area contributed by atoms with Crippen LogP contribution in [0.3, 0.4) is 0 Å². The van der Waals surface area contributed by atoms with Crippen LogP contribution in [0, 0.1) is 5.82 Å². The molecule has 2 aromatic rings. The third kappa shape index (κ3) is 2.14. The maximum Gasteiger partial charge on any atom is 0.278 e. The Morgan fingerprint density at radius 3 is 2.59 bits per heavy atom. The minimum Gasteiger partial charge on any atom is -0.372 e. The maximum atomic E-state index is 12.8. The van der Waals surface area contributed by atoms with Gasteiger partial charge in [-0.3, -0.25) is 9.36 Å². The summed E-state index contributed by atoms with van der Waals surface area (Å²) >= 11 is 5.85. The van der Waals surface area contributed by atoms with Gasteiger partial charge in [-0.05, 0) is 24.3 Å². The van der Waals surface area contributed by atoms with E-state index in [1.807, 2.05) is 0 Å². The molecular formula is C11H9ClFN3O. The van der Waals surface area contributed by atoms with Crippen LogP contribution in [-0.2, 0) is 0 Å². The standard InChI is InChI=1S/C11H9ClFN3O/c1-14-10-9(12)11(17)16(6-15-10)8-4-2-7(13)3-5-8/h2-6,14H,1H3. The SMILES string of the molecule is CNc1ncn(-c2ccc(F)cc2)c(=O)c1Cl. The van der Waals surface area contributed by atoms with E-state index >= 15 is 0 Å². The van der Waals surface area contributed by atoms with Crippen LogP contribution in [0.15, 0.2) is 35.4 Å². The third-order valence-electron chi connectivity index (χ3n) is 2.26. The summed E-state index contributed by atoms with van der Waals surface area (Å²) in [7, 11) is 1.62. The Morgan fingerprint density at radius 2 is 2.00 bits per heavy atom. The zero-order valence-electron chi connectivity index (χ0n) is 8.95. The van der Waals surface area contributed by atoms with Crippen molar-refractivity contribution in [2.45, 2.75) is 0 Å². The van der Waals surface area contributed by atoms with Crippen LogP contribution in [0.2, 0.25) is 5.02 Å². The highest BCUT2D eigenvalue weighted by Crippen LogP contribution is 2.14. The topological polar surface area (TPSA) is 46.9 Å². The van der Waals surface area contributed by atoms with Gasteiger partial charge in [-0.2, -0.15) is 0 Å². The highest BCUT2D eigenvalue weighted by molar-refractivity contribution is 6.32. The third-order valence-corrected chi connectivity index (χ3v) is 2.60. The molecule has 0 saturated carbocycles. The zero-order valence-corrected chi connectivity index (χ0v) is 9.70. The number of anilines is 1. The van der Waals surface area contributed by atoms with Crippen LogP contribution >= 0.6 is 11.6 Å². The number of aromatic nitrogens is 2. The lowest BCUT2D eigenvalue weighted by Crippen LogP contribution is -2.20. The first-order valence-electron chi connectivity index (χ1n) is 4.84. The number of rotatable bonds is 2. The van der Waals surface area contributed by atoms with E-state index in [0.29, 0.717) is 11.5 Å². The first-order valence-corrected chi connectivity index (χ1v) is 5.22. The molecule has 1 aromatic heterocycles. The highest BCUT2D eigenvalue weighted by atomic mass is 35.5. The van der Waals surface area contributed by atoms with Gasteiger partial charge in [0.05, 0.1) is 5.69 Å². The highest BCUT2D eigenvalue weighted by Gasteiger charge is 2.09. The lowest BCUT2D eigenvalue weighted by molar-refractivity contribution is 0.627. The molecule has 6 heteroatoms. The number of hydrogen-bond acceptors (Lipinski definition) is 3. The Hall–Kier alpha value is -1.88. The van der Waals surface area contributed by atoms with E-state index in [-0.39, 0.29) is 10.8 Å². The second-order valence-electron chi connectivity index (χ2n) is 3.31. The smallest absolute Gasteiger partial charge is 0.278 e. The predicted octanol–water partition coefficient (Wildman–Crippen LogP) is 2.07. The van der Waals surface area contributed by atoms with E-state index in [1.54, 1.807) is 7.05 Å². The summed E-state index contributed by atoms with van der Waals surface area (Å²) in [6, 6.07) is 5.49. The van der Waals surface area contributed by atoms with Gasteiger partial charge in [-0.15, -0.1) is 0 Å². The van der Waals surface area contributed by atoms with Gasteiger partial charge in [0.2, 0.25) is 0 Å². The molecule has 1 aromatic carbocycles. The van der Waals surface area contributed by atoms with Crippen LogP contribution in [0.5, 0.6) is 0 Å². The first-order chi connectivity index (χ1) is 8.13. The van der Waals surface area contributed by atoms with Gasteiger partial charge in [0.15, 0.2) is 5.82 Å². The van der Waals surface area contributed by atoms with Gasteiger partial charge in [0.1, 0.15) is 17.2 Å². The van der Waals surface area contributed by atoms with Crippen LogP contribution in [-0.4, -0.2) is 16.6 Å². The molecule has 0 saturated heterocycles. The van der Waals surface area contributed by atoms with Crippen molar-refractivity contribution in [2.24, 2.45) is 0 Å². The van der Waals surface area contributed by atoms with Gasteiger partial charge in [0, 0.05) is 7.05 Å². The fourth-order valence-corrected chi connectivity index (χ4v) is 1.63. The van der Waals surface area contributed by atoms with Crippen LogP contribution < -0.4 is 10.9 Å². The molecule has 4 nitrogen and oxygen atoms in total. The van der Waals surface area contributed by atoms with Crippen molar-refractivity contribution >= 4 is 17.4 Å². The molecule has 0 aliphatic heterocycles. The van der Waals surface area contributed by atoms with Crippen molar-refractivity contribution in [3.63, 3.8) is 0 Å². The molecular weight excluding hydrogens is 245 g/mol. The maximum absolute atomic E-state index is 12.8. The van der Waals surface area contributed by atoms with E-state index < -0.39 is 5.56 Å². The molecule has 1 heterocycles. The van der Waals surface area contributed by atoms with Crippen molar-refractivity contribution in [2.75, 3.05) is 12.4 Å². The average molecular weight is 254 g/mol. The fourth-order valence-electron chi connectivity index (χ4n) is 1.39. The molecule has 0 radical (unpaired) electrons. The quantitative estimate of drug-likeness (QED) is 0.891. The minimum atomic E-state index is -0.405. The van der Waals surface area contributed by atoms with E-state index in [4.69, 9.17) is 11.6 Å². The average Bonchev–Trinajstić information content (AvgIpc) is 2.34. The van der Waals surface area contributed by atoms with Gasteiger partial charge in [-0.25, -0.2) is 9.37 Å². The normalized spacial score (nSPS) is 10.3. The number of nitrogens with one attached hydrogen (secondary N) is 1. The van der Waals surface area contributed by atoms with Crippen molar-refractivity contribution < 1.29 is 4.39 Å². The molecule has 0 unspecified atom stereocenters. The molecule has 88 valence electrons. The van der Waals surface area contributed by atoms with Crippen molar-refractivity contribution in [3.05, 3.63) is 51.8 Å². The van der Waals surface area contributed by atoms with Gasteiger partial charge in [0.25, 0.3) is 5.56 Å². The van der Waals surface area contributed by atoms with Crippen molar-refractivity contribution in [3.8, 4) is 5.69 Å². The second kappa shape index (κ2) is 4.55. The Bertz CT molecular complexity index is 595. The largest absolute Gasteiger partial charge is 0.372 e. The van der Waals surface area contributed by atoms with Crippen LogP contribution in [0.4, 0.5) is 10.2 Å². The minimum absolute atomic E-state index is 0.000625. The Balaban J connectivity index is 2.57. The molecule has 0 fully saturated rings.